The maximum absolute atomic E-state index is 11.1. The van der Waals surface area contributed by atoms with E-state index in [0.717, 1.165) is 35.3 Å². The number of ether oxygens (including phenoxy) is 1. The number of aliphatic carboxylic acids is 1. The summed E-state index contributed by atoms with van der Waals surface area (Å²) in [6.07, 6.45) is 2.47. The number of methoxy groups -OCH3 is 1. The minimum absolute atomic E-state index is 0.0948. The molecule has 1 aliphatic rings. The first kappa shape index (κ1) is 12.9. The molecule has 1 atom stereocenters. The van der Waals surface area contributed by atoms with Gasteiger partial charge >= 0.3 is 5.97 Å². The second-order valence-electron chi connectivity index (χ2n) is 5.19. The molecule has 1 saturated carbocycles. The molecule has 0 radical (unpaired) electrons. The molecule has 18 heavy (non-hydrogen) atoms. The Morgan fingerprint density at radius 1 is 1.39 bits per heavy atom. The van der Waals surface area contributed by atoms with Gasteiger partial charge in [0, 0.05) is 11.5 Å². The van der Waals surface area contributed by atoms with Crippen LogP contribution in [0.4, 0.5) is 0 Å². The molecule has 0 saturated heterocycles. The fourth-order valence-corrected chi connectivity index (χ4v) is 2.73. The number of benzene rings is 1. The summed E-state index contributed by atoms with van der Waals surface area (Å²) in [5.74, 6) is 0.746. The summed E-state index contributed by atoms with van der Waals surface area (Å²) in [5.41, 5.74) is 3.31. The van der Waals surface area contributed by atoms with E-state index < -0.39 is 5.97 Å². The molecule has 3 heteroatoms. The number of hydrogen-bond acceptors (Lipinski definition) is 2. The van der Waals surface area contributed by atoms with E-state index in [9.17, 15) is 4.79 Å². The molecule has 98 valence electrons. The molecule has 0 bridgehead atoms. The Morgan fingerprint density at radius 3 is 2.50 bits per heavy atom. The third kappa shape index (κ3) is 2.50. The van der Waals surface area contributed by atoms with Crippen molar-refractivity contribution < 1.29 is 14.6 Å². The zero-order valence-corrected chi connectivity index (χ0v) is 11.2. The number of aryl methyl sites for hydroxylation is 2. The van der Waals surface area contributed by atoms with Gasteiger partial charge in [-0.3, -0.25) is 4.79 Å². The lowest BCUT2D eigenvalue weighted by Crippen LogP contribution is -2.12. The van der Waals surface area contributed by atoms with Crippen LogP contribution >= 0.6 is 0 Å². The van der Waals surface area contributed by atoms with Crippen LogP contribution < -0.4 is 4.74 Å². The number of carboxylic acids is 1. The van der Waals surface area contributed by atoms with Crippen LogP contribution in [0, 0.1) is 19.8 Å². The van der Waals surface area contributed by atoms with Crippen LogP contribution in [0.25, 0.3) is 0 Å². The van der Waals surface area contributed by atoms with Gasteiger partial charge in [0.25, 0.3) is 0 Å². The number of carboxylic acid groups (broad SMARTS) is 1. The molecule has 0 aromatic heterocycles. The number of carbonyl (C=O) groups is 1. The van der Waals surface area contributed by atoms with E-state index >= 15 is 0 Å². The van der Waals surface area contributed by atoms with E-state index in [-0.39, 0.29) is 12.3 Å². The van der Waals surface area contributed by atoms with Gasteiger partial charge in [-0.05, 0) is 43.7 Å². The smallest absolute Gasteiger partial charge is 0.303 e. The molecule has 0 aliphatic heterocycles. The van der Waals surface area contributed by atoms with Crippen molar-refractivity contribution >= 4 is 5.97 Å². The van der Waals surface area contributed by atoms with Crippen LogP contribution in [0.15, 0.2) is 12.1 Å². The monoisotopic (exact) mass is 248 g/mol. The van der Waals surface area contributed by atoms with E-state index in [2.05, 4.69) is 6.07 Å². The summed E-state index contributed by atoms with van der Waals surface area (Å²) in [6.45, 7) is 4.04. The van der Waals surface area contributed by atoms with E-state index in [4.69, 9.17) is 9.84 Å². The second-order valence-corrected chi connectivity index (χ2v) is 5.19. The minimum atomic E-state index is -0.727. The standard InChI is InChI=1S/C15H20O3/c1-9-4-5-10(2)15(18-3)14(9)12(8-13(16)17)11-6-7-11/h4-5,11-12H,6-8H2,1-3H3,(H,16,17). The van der Waals surface area contributed by atoms with Crippen LogP contribution in [0.1, 0.15) is 41.9 Å². The van der Waals surface area contributed by atoms with Crippen LogP contribution in [0.2, 0.25) is 0 Å². The number of rotatable bonds is 5. The molecular weight excluding hydrogens is 228 g/mol. The van der Waals surface area contributed by atoms with E-state index in [1.165, 1.54) is 0 Å². The second kappa shape index (κ2) is 5.01. The lowest BCUT2D eigenvalue weighted by molar-refractivity contribution is -0.137. The van der Waals surface area contributed by atoms with Gasteiger partial charge in [0.2, 0.25) is 0 Å². The zero-order chi connectivity index (χ0) is 13.3. The van der Waals surface area contributed by atoms with Crippen molar-refractivity contribution in [1.82, 2.24) is 0 Å². The predicted molar refractivity (Wildman–Crippen MR) is 70.2 cm³/mol. The maximum Gasteiger partial charge on any atom is 0.303 e. The average Bonchev–Trinajstić information content (AvgIpc) is 3.13. The van der Waals surface area contributed by atoms with Gasteiger partial charge < -0.3 is 9.84 Å². The Labute approximate surface area is 108 Å². The molecule has 1 aliphatic carbocycles. The highest BCUT2D eigenvalue weighted by Gasteiger charge is 2.36. The Kier molecular flexibility index (Phi) is 3.60. The quantitative estimate of drug-likeness (QED) is 0.869. The fraction of sp³-hybridized carbons (Fsp3) is 0.533. The lowest BCUT2D eigenvalue weighted by atomic mass is 9.86. The third-order valence-corrected chi connectivity index (χ3v) is 3.77. The topological polar surface area (TPSA) is 46.5 Å². The van der Waals surface area contributed by atoms with Gasteiger partial charge in [-0.2, -0.15) is 0 Å². The first-order valence-electron chi connectivity index (χ1n) is 6.40. The molecular formula is C15H20O3. The molecule has 1 unspecified atom stereocenters. The molecule has 0 spiro atoms. The van der Waals surface area contributed by atoms with Crippen molar-refractivity contribution in [2.24, 2.45) is 5.92 Å². The molecule has 1 fully saturated rings. The highest BCUT2D eigenvalue weighted by Crippen LogP contribution is 2.48. The summed E-state index contributed by atoms with van der Waals surface area (Å²) in [4.78, 5) is 11.1. The van der Waals surface area contributed by atoms with Crippen LogP contribution in [0.3, 0.4) is 0 Å². The van der Waals surface area contributed by atoms with Crippen LogP contribution in [-0.2, 0) is 4.79 Å². The Balaban J connectivity index is 2.45. The largest absolute Gasteiger partial charge is 0.496 e. The minimum Gasteiger partial charge on any atom is -0.496 e. The van der Waals surface area contributed by atoms with Gasteiger partial charge in [0.15, 0.2) is 0 Å². The lowest BCUT2D eigenvalue weighted by Gasteiger charge is -2.21. The Morgan fingerprint density at radius 2 is 2.00 bits per heavy atom. The summed E-state index contributed by atoms with van der Waals surface area (Å²) in [7, 11) is 1.66. The highest BCUT2D eigenvalue weighted by atomic mass is 16.5. The predicted octanol–water partition coefficient (Wildman–Crippen LogP) is 3.28. The van der Waals surface area contributed by atoms with Gasteiger partial charge in [0.05, 0.1) is 13.5 Å². The number of hydrogen-bond donors (Lipinski definition) is 1. The zero-order valence-electron chi connectivity index (χ0n) is 11.2. The third-order valence-electron chi connectivity index (χ3n) is 3.77. The molecule has 1 aromatic carbocycles. The van der Waals surface area contributed by atoms with Gasteiger partial charge in [-0.15, -0.1) is 0 Å². The van der Waals surface area contributed by atoms with Crippen molar-refractivity contribution in [2.45, 2.75) is 39.0 Å². The molecule has 1 aromatic rings. The van der Waals surface area contributed by atoms with Gasteiger partial charge in [-0.1, -0.05) is 12.1 Å². The first-order chi connectivity index (χ1) is 8.54. The average molecular weight is 248 g/mol. The van der Waals surface area contributed by atoms with Crippen molar-refractivity contribution in [3.63, 3.8) is 0 Å². The normalized spacial score (nSPS) is 16.4. The summed E-state index contributed by atoms with van der Waals surface area (Å²) >= 11 is 0. The molecule has 0 heterocycles. The van der Waals surface area contributed by atoms with E-state index in [0.29, 0.717) is 5.92 Å². The molecule has 3 nitrogen and oxygen atoms in total. The molecule has 0 amide bonds. The summed E-state index contributed by atoms with van der Waals surface area (Å²) in [6, 6.07) is 4.09. The highest BCUT2D eigenvalue weighted by molar-refractivity contribution is 5.69. The SMILES string of the molecule is COc1c(C)ccc(C)c1C(CC(=O)O)C1CC1. The Hall–Kier alpha value is -1.51. The summed E-state index contributed by atoms with van der Waals surface area (Å²) < 4.78 is 5.50. The van der Waals surface area contributed by atoms with Crippen molar-refractivity contribution in [1.29, 1.82) is 0 Å². The van der Waals surface area contributed by atoms with Crippen molar-refractivity contribution in [3.05, 3.63) is 28.8 Å². The van der Waals surface area contributed by atoms with Crippen LogP contribution in [0.5, 0.6) is 5.75 Å². The molecule has 2 rings (SSSR count). The fourth-order valence-electron chi connectivity index (χ4n) is 2.73. The Bertz CT molecular complexity index is 461. The van der Waals surface area contributed by atoms with E-state index in [1.54, 1.807) is 7.11 Å². The van der Waals surface area contributed by atoms with Gasteiger partial charge in [-0.25, -0.2) is 0 Å². The van der Waals surface area contributed by atoms with E-state index in [1.807, 2.05) is 19.9 Å². The van der Waals surface area contributed by atoms with Crippen molar-refractivity contribution in [3.8, 4) is 5.75 Å². The maximum atomic E-state index is 11.1. The summed E-state index contributed by atoms with van der Waals surface area (Å²) in [5, 5.41) is 9.10. The first-order valence-corrected chi connectivity index (χ1v) is 6.40. The van der Waals surface area contributed by atoms with Gasteiger partial charge in [0.1, 0.15) is 5.75 Å². The molecule has 1 N–H and O–H groups in total. The van der Waals surface area contributed by atoms with Crippen molar-refractivity contribution in [2.75, 3.05) is 7.11 Å². The van der Waals surface area contributed by atoms with Crippen LogP contribution in [-0.4, -0.2) is 18.2 Å².